The summed E-state index contributed by atoms with van der Waals surface area (Å²) in [5, 5.41) is 5.06. The first-order chi connectivity index (χ1) is 29.2. The van der Waals surface area contributed by atoms with Gasteiger partial charge in [0.25, 0.3) is 0 Å². The highest BCUT2D eigenvalue weighted by Crippen LogP contribution is 2.45. The van der Waals surface area contributed by atoms with Crippen LogP contribution in [-0.4, -0.2) is 14.1 Å². The summed E-state index contributed by atoms with van der Waals surface area (Å²) in [6.07, 6.45) is 0. The Labute approximate surface area is 345 Å². The van der Waals surface area contributed by atoms with Crippen LogP contribution in [0, 0.1) is 0 Å². The molecule has 0 radical (unpaired) electrons. The monoisotopic (exact) mass is 769 g/mol. The first-order valence-electron chi connectivity index (χ1n) is 20.0. The molecular weight excluding hydrogens is 735 g/mol. The lowest BCUT2D eigenvalue weighted by Gasteiger charge is -2.12. The zero-order valence-electron chi connectivity index (χ0n) is 32.0. The highest BCUT2D eigenvalue weighted by molar-refractivity contribution is 7.26. The fraction of sp³-hybridized carbons (Fsp3) is 0. The van der Waals surface area contributed by atoms with Crippen LogP contribution in [0.2, 0.25) is 0 Å². The summed E-state index contributed by atoms with van der Waals surface area (Å²) in [6, 6.07) is 76.8. The summed E-state index contributed by atoms with van der Waals surface area (Å²) in [4.78, 5) is 5.13. The second-order valence-corrected chi connectivity index (χ2v) is 16.2. The number of fused-ring (bicyclic) bond motifs is 7. The van der Waals surface area contributed by atoms with E-state index < -0.39 is 0 Å². The van der Waals surface area contributed by atoms with Crippen LogP contribution >= 0.6 is 11.3 Å². The molecule has 0 atom stereocenters. The summed E-state index contributed by atoms with van der Waals surface area (Å²) in [5.41, 5.74) is 15.1. The van der Waals surface area contributed by atoms with Crippen molar-refractivity contribution in [1.82, 2.24) is 14.1 Å². The molecule has 0 spiro atoms. The van der Waals surface area contributed by atoms with E-state index in [-0.39, 0.29) is 0 Å². The quantitative estimate of drug-likeness (QED) is 0.165. The van der Waals surface area contributed by atoms with Crippen LogP contribution in [0.5, 0.6) is 0 Å². The molecule has 3 nitrogen and oxygen atoms in total. The third-order valence-electron chi connectivity index (χ3n) is 11.7. The van der Waals surface area contributed by atoms with E-state index in [4.69, 9.17) is 4.98 Å². The molecule has 0 aliphatic heterocycles. The molecule has 0 bridgehead atoms. The number of hydrogen-bond acceptors (Lipinski definition) is 2. The molecule has 0 amide bonds. The molecule has 3 heterocycles. The molecule has 0 aliphatic carbocycles. The minimum Gasteiger partial charge on any atom is -0.309 e. The summed E-state index contributed by atoms with van der Waals surface area (Å²) in [5.74, 6) is 0.928. The Morgan fingerprint density at radius 2 is 0.915 bits per heavy atom. The summed E-state index contributed by atoms with van der Waals surface area (Å²) < 4.78 is 7.27. The van der Waals surface area contributed by atoms with Gasteiger partial charge in [0.2, 0.25) is 0 Å². The van der Waals surface area contributed by atoms with Gasteiger partial charge < -0.3 is 4.57 Å². The van der Waals surface area contributed by atoms with Crippen molar-refractivity contribution < 1.29 is 0 Å². The topological polar surface area (TPSA) is 22.8 Å². The van der Waals surface area contributed by atoms with Crippen molar-refractivity contribution in [3.8, 4) is 56.1 Å². The van der Waals surface area contributed by atoms with Crippen LogP contribution < -0.4 is 0 Å². The molecule has 3 aromatic heterocycles. The van der Waals surface area contributed by atoms with Crippen molar-refractivity contribution in [2.45, 2.75) is 0 Å². The van der Waals surface area contributed by atoms with E-state index in [9.17, 15) is 0 Å². The van der Waals surface area contributed by atoms with E-state index in [1.165, 1.54) is 75.4 Å². The van der Waals surface area contributed by atoms with Crippen molar-refractivity contribution in [2.75, 3.05) is 0 Å². The number of nitrogens with zero attached hydrogens (tertiary/aromatic N) is 3. The van der Waals surface area contributed by atoms with Crippen LogP contribution in [0.3, 0.4) is 0 Å². The fourth-order valence-corrected chi connectivity index (χ4v) is 10.1. The van der Waals surface area contributed by atoms with Gasteiger partial charge in [-0.25, -0.2) is 4.98 Å². The Morgan fingerprint density at radius 3 is 1.69 bits per heavy atom. The molecule has 0 fully saturated rings. The Hall–Kier alpha value is -7.53. The standard InChI is InChI=1S/C55H35N3S/c1-4-14-36(15-5-1)39-27-31-53-47(32-39)48-35-41(37-16-6-2-7-17-37)34-45(54(48)59-53)40-26-30-51-46(33-40)44-20-10-12-22-50(44)57(51)43-28-24-38(25-29-43)55-56-49-21-11-13-23-52(49)58(55)42-18-8-3-9-19-42/h1-35H. The molecule has 0 saturated carbocycles. The van der Waals surface area contributed by atoms with Crippen LogP contribution in [-0.2, 0) is 0 Å². The number of imidazole rings is 1. The summed E-state index contributed by atoms with van der Waals surface area (Å²) in [7, 11) is 0. The normalized spacial score (nSPS) is 11.7. The van der Waals surface area contributed by atoms with E-state index in [0.717, 1.165) is 33.8 Å². The zero-order valence-corrected chi connectivity index (χ0v) is 32.8. The molecule has 59 heavy (non-hydrogen) atoms. The minimum atomic E-state index is 0.928. The lowest BCUT2D eigenvalue weighted by molar-refractivity contribution is 1.10. The Bertz CT molecular complexity index is 3520. The minimum absolute atomic E-state index is 0.928. The number of benzene rings is 9. The van der Waals surface area contributed by atoms with Gasteiger partial charge in [-0.05, 0) is 119 Å². The first kappa shape index (κ1) is 33.6. The zero-order chi connectivity index (χ0) is 38.9. The van der Waals surface area contributed by atoms with Crippen molar-refractivity contribution in [3.63, 3.8) is 0 Å². The van der Waals surface area contributed by atoms with Gasteiger partial charge in [0.1, 0.15) is 5.82 Å². The van der Waals surface area contributed by atoms with Gasteiger partial charge in [-0.2, -0.15) is 0 Å². The molecule has 0 N–H and O–H groups in total. The molecule has 0 aliphatic rings. The Kier molecular flexibility index (Phi) is 7.72. The van der Waals surface area contributed by atoms with E-state index in [1.807, 2.05) is 11.3 Å². The van der Waals surface area contributed by atoms with E-state index >= 15 is 0 Å². The predicted octanol–water partition coefficient (Wildman–Crippen LogP) is 15.2. The number of hydrogen-bond donors (Lipinski definition) is 0. The van der Waals surface area contributed by atoms with Gasteiger partial charge in [-0.3, -0.25) is 4.57 Å². The van der Waals surface area contributed by atoms with Crippen LogP contribution in [0.25, 0.3) is 109 Å². The molecule has 12 rings (SSSR count). The molecule has 4 heteroatoms. The fourth-order valence-electron chi connectivity index (χ4n) is 8.94. The van der Waals surface area contributed by atoms with Crippen molar-refractivity contribution >= 4 is 64.3 Å². The van der Waals surface area contributed by atoms with Gasteiger partial charge in [0.15, 0.2) is 0 Å². The molecule has 9 aromatic carbocycles. The largest absolute Gasteiger partial charge is 0.309 e. The molecule has 0 unspecified atom stereocenters. The van der Waals surface area contributed by atoms with Crippen molar-refractivity contribution in [2.24, 2.45) is 0 Å². The maximum absolute atomic E-state index is 5.13. The van der Waals surface area contributed by atoms with Gasteiger partial charge in [0, 0.05) is 53.4 Å². The summed E-state index contributed by atoms with van der Waals surface area (Å²) in [6.45, 7) is 0. The second-order valence-electron chi connectivity index (χ2n) is 15.2. The molecule has 12 aromatic rings. The smallest absolute Gasteiger partial charge is 0.145 e. The number of rotatable bonds is 6. The maximum Gasteiger partial charge on any atom is 0.145 e. The van der Waals surface area contributed by atoms with Gasteiger partial charge >= 0.3 is 0 Å². The van der Waals surface area contributed by atoms with E-state index in [1.54, 1.807) is 0 Å². The maximum atomic E-state index is 5.13. The average molecular weight is 770 g/mol. The molecular formula is C55H35N3S. The number of thiophene rings is 1. The lowest BCUT2D eigenvalue weighted by atomic mass is 9.94. The molecule has 276 valence electrons. The lowest BCUT2D eigenvalue weighted by Crippen LogP contribution is -1.98. The third-order valence-corrected chi connectivity index (χ3v) is 12.9. The van der Waals surface area contributed by atoms with Gasteiger partial charge in [-0.1, -0.05) is 121 Å². The highest BCUT2D eigenvalue weighted by atomic mass is 32.1. The molecule has 0 saturated heterocycles. The van der Waals surface area contributed by atoms with Crippen molar-refractivity contribution in [3.05, 3.63) is 212 Å². The average Bonchev–Trinajstić information content (AvgIpc) is 3.99. The number of para-hydroxylation sites is 4. The first-order valence-corrected chi connectivity index (χ1v) is 20.9. The Morgan fingerprint density at radius 1 is 0.339 bits per heavy atom. The van der Waals surface area contributed by atoms with Gasteiger partial charge in [0.05, 0.1) is 22.1 Å². The predicted molar refractivity (Wildman–Crippen MR) is 250 cm³/mol. The highest BCUT2D eigenvalue weighted by Gasteiger charge is 2.19. The van der Waals surface area contributed by atoms with Crippen molar-refractivity contribution in [1.29, 1.82) is 0 Å². The van der Waals surface area contributed by atoms with Crippen LogP contribution in [0.4, 0.5) is 0 Å². The SMILES string of the molecule is c1ccc(-c2ccc3sc4c(-c5ccc6c(c5)c5ccccc5n6-c5ccc(-c6nc7ccccc7n6-c6ccccc6)cc5)cc(-c5ccccc5)cc4c3c2)cc1. The van der Waals surface area contributed by atoms with E-state index in [2.05, 4.69) is 221 Å². The third kappa shape index (κ3) is 5.53. The Balaban J connectivity index is 1.02. The van der Waals surface area contributed by atoms with Crippen LogP contribution in [0.1, 0.15) is 0 Å². The van der Waals surface area contributed by atoms with E-state index in [0.29, 0.717) is 0 Å². The second kappa shape index (κ2) is 13.6. The summed E-state index contributed by atoms with van der Waals surface area (Å²) >= 11 is 1.89. The van der Waals surface area contributed by atoms with Crippen LogP contribution in [0.15, 0.2) is 212 Å². The number of aromatic nitrogens is 3. The van der Waals surface area contributed by atoms with Gasteiger partial charge in [-0.15, -0.1) is 11.3 Å².